The zero-order valence-electron chi connectivity index (χ0n) is 13.1. The van der Waals surface area contributed by atoms with Gasteiger partial charge in [0.2, 0.25) is 0 Å². The second-order valence-electron chi connectivity index (χ2n) is 5.38. The first-order valence-electron chi connectivity index (χ1n) is 7.32. The van der Waals surface area contributed by atoms with E-state index in [1.807, 2.05) is 30.3 Å². The van der Waals surface area contributed by atoms with Crippen LogP contribution in [0.15, 0.2) is 42.5 Å². The van der Waals surface area contributed by atoms with Crippen LogP contribution in [0.4, 0.5) is 0 Å². The number of nitrogens with one attached hydrogen (secondary N) is 1. The Morgan fingerprint density at radius 1 is 1.22 bits per heavy atom. The number of hydrogen-bond acceptors (Lipinski definition) is 4. The zero-order valence-corrected chi connectivity index (χ0v) is 13.1. The second-order valence-corrected chi connectivity index (χ2v) is 5.38. The molecule has 0 spiro atoms. The molecule has 0 fully saturated rings. The minimum absolute atomic E-state index is 0.211. The van der Waals surface area contributed by atoms with E-state index in [9.17, 15) is 9.59 Å². The number of benzene rings is 2. The lowest BCUT2D eigenvalue weighted by molar-refractivity contribution is -0.143. The number of nitriles is 1. The highest BCUT2D eigenvalue weighted by atomic mass is 16.5. The summed E-state index contributed by atoms with van der Waals surface area (Å²) in [7, 11) is 1.26. The van der Waals surface area contributed by atoms with E-state index in [4.69, 9.17) is 10.00 Å². The maximum Gasteiger partial charge on any atom is 0.328 e. The van der Waals surface area contributed by atoms with Crippen molar-refractivity contribution in [1.29, 1.82) is 5.26 Å². The number of carbonyl (C=O) groups is 2. The van der Waals surface area contributed by atoms with Gasteiger partial charge in [-0.05, 0) is 36.2 Å². The predicted octanol–water partition coefficient (Wildman–Crippen LogP) is 2.66. The van der Waals surface area contributed by atoms with Gasteiger partial charge in [-0.15, -0.1) is 0 Å². The lowest BCUT2D eigenvalue weighted by Crippen LogP contribution is -2.42. The number of fused-ring (bicyclic) bond motifs is 1. The quantitative estimate of drug-likeness (QED) is 0.861. The van der Waals surface area contributed by atoms with Gasteiger partial charge in [-0.1, -0.05) is 30.3 Å². The highest BCUT2D eigenvalue weighted by molar-refractivity contribution is 6.00. The Hall–Kier alpha value is -2.87. The highest BCUT2D eigenvalue weighted by Crippen LogP contribution is 2.16. The molecule has 0 aliphatic heterocycles. The van der Waals surface area contributed by atoms with E-state index < -0.39 is 12.0 Å². The van der Waals surface area contributed by atoms with E-state index in [-0.39, 0.29) is 18.2 Å². The van der Waals surface area contributed by atoms with Crippen LogP contribution in [0.25, 0.3) is 10.8 Å². The smallest absolute Gasteiger partial charge is 0.328 e. The summed E-state index contributed by atoms with van der Waals surface area (Å²) in [6.07, 6.45) is 0.211. The minimum atomic E-state index is -0.839. The summed E-state index contributed by atoms with van der Waals surface area (Å²) in [5.41, 5.74) is 0.460. The molecule has 118 valence electrons. The van der Waals surface area contributed by atoms with Crippen LogP contribution in [0.5, 0.6) is 0 Å². The Kier molecular flexibility index (Phi) is 5.32. The van der Waals surface area contributed by atoms with Crippen LogP contribution in [0.2, 0.25) is 0 Å². The van der Waals surface area contributed by atoms with Gasteiger partial charge in [0, 0.05) is 11.5 Å². The summed E-state index contributed by atoms with van der Waals surface area (Å²) in [4.78, 5) is 24.2. The molecule has 1 N–H and O–H groups in total. The number of nitrogens with zero attached hydrogens (tertiary/aromatic N) is 1. The molecule has 0 bridgehead atoms. The van der Waals surface area contributed by atoms with Crippen molar-refractivity contribution in [2.24, 2.45) is 5.92 Å². The molecule has 2 aromatic rings. The van der Waals surface area contributed by atoms with E-state index in [0.717, 1.165) is 10.8 Å². The average Bonchev–Trinajstić information content (AvgIpc) is 2.59. The van der Waals surface area contributed by atoms with Crippen molar-refractivity contribution in [3.63, 3.8) is 0 Å². The third-order valence-electron chi connectivity index (χ3n) is 3.61. The summed E-state index contributed by atoms with van der Waals surface area (Å²) in [5, 5.41) is 13.5. The molecule has 0 aromatic heterocycles. The fourth-order valence-corrected chi connectivity index (χ4v) is 2.33. The first-order chi connectivity index (χ1) is 11.0. The van der Waals surface area contributed by atoms with Crippen molar-refractivity contribution in [2.75, 3.05) is 7.11 Å². The van der Waals surface area contributed by atoms with E-state index in [1.54, 1.807) is 19.1 Å². The second kappa shape index (κ2) is 7.41. The van der Waals surface area contributed by atoms with Crippen molar-refractivity contribution < 1.29 is 14.3 Å². The molecule has 0 heterocycles. The standard InChI is InChI=1S/C18H18N2O3/c1-12(11-19)9-16(18(22)23-2)20-17(21)15-8-7-13-5-3-4-6-14(13)10-15/h3-8,10,12,16H,9H2,1-2H3,(H,20,21)/t12-,16-/m0/s1. The van der Waals surface area contributed by atoms with Crippen LogP contribution in [-0.4, -0.2) is 25.0 Å². The molecule has 0 radical (unpaired) electrons. The predicted molar refractivity (Wildman–Crippen MR) is 86.6 cm³/mol. The van der Waals surface area contributed by atoms with Gasteiger partial charge in [0.1, 0.15) is 6.04 Å². The summed E-state index contributed by atoms with van der Waals surface area (Å²) in [5.74, 6) is -1.28. The number of esters is 1. The summed E-state index contributed by atoms with van der Waals surface area (Å²) in [6.45, 7) is 1.69. The van der Waals surface area contributed by atoms with Gasteiger partial charge in [-0.3, -0.25) is 4.79 Å². The molecule has 0 aliphatic carbocycles. The Balaban J connectivity index is 2.19. The van der Waals surface area contributed by atoms with Crippen molar-refractivity contribution in [3.05, 3.63) is 48.0 Å². The number of methoxy groups -OCH3 is 1. The minimum Gasteiger partial charge on any atom is -0.467 e. The summed E-state index contributed by atoms with van der Waals surface area (Å²) >= 11 is 0. The molecule has 2 aromatic carbocycles. The van der Waals surface area contributed by atoms with Crippen LogP contribution in [0.3, 0.4) is 0 Å². The largest absolute Gasteiger partial charge is 0.467 e. The van der Waals surface area contributed by atoms with Crippen LogP contribution in [-0.2, 0) is 9.53 Å². The molecule has 0 unspecified atom stereocenters. The highest BCUT2D eigenvalue weighted by Gasteiger charge is 2.24. The molecule has 2 atom stereocenters. The SMILES string of the molecule is COC(=O)[C@H](C[C@H](C)C#N)NC(=O)c1ccc2ccccc2c1. The van der Waals surface area contributed by atoms with Crippen molar-refractivity contribution >= 4 is 22.6 Å². The molecular weight excluding hydrogens is 292 g/mol. The fraction of sp³-hybridized carbons (Fsp3) is 0.278. The van der Waals surface area contributed by atoms with Crippen LogP contribution >= 0.6 is 0 Å². The monoisotopic (exact) mass is 310 g/mol. The zero-order chi connectivity index (χ0) is 16.8. The third-order valence-corrected chi connectivity index (χ3v) is 3.61. The first kappa shape index (κ1) is 16.5. The number of ether oxygens (including phenoxy) is 1. The number of hydrogen-bond donors (Lipinski definition) is 1. The lowest BCUT2D eigenvalue weighted by atomic mass is 10.0. The number of amides is 1. The molecule has 5 heteroatoms. The molecule has 0 saturated heterocycles. The topological polar surface area (TPSA) is 79.2 Å². The summed E-state index contributed by atoms with van der Waals surface area (Å²) in [6, 6.07) is 14.3. The van der Waals surface area contributed by atoms with E-state index in [1.165, 1.54) is 7.11 Å². The fourth-order valence-electron chi connectivity index (χ4n) is 2.33. The normalized spacial score (nSPS) is 12.9. The van der Waals surface area contributed by atoms with Crippen LogP contribution in [0.1, 0.15) is 23.7 Å². The first-order valence-corrected chi connectivity index (χ1v) is 7.32. The molecule has 23 heavy (non-hydrogen) atoms. The van der Waals surface area contributed by atoms with Gasteiger partial charge in [0.05, 0.1) is 13.2 Å². The molecule has 2 rings (SSSR count). The Labute approximate surface area is 134 Å². The maximum absolute atomic E-state index is 12.4. The number of rotatable bonds is 5. The Morgan fingerprint density at radius 3 is 2.57 bits per heavy atom. The summed E-state index contributed by atoms with van der Waals surface area (Å²) < 4.78 is 4.70. The molecular formula is C18H18N2O3. The van der Waals surface area contributed by atoms with Gasteiger partial charge in [0.15, 0.2) is 0 Å². The van der Waals surface area contributed by atoms with Gasteiger partial charge in [-0.2, -0.15) is 5.26 Å². The van der Waals surface area contributed by atoms with Crippen LogP contribution in [0, 0.1) is 17.2 Å². The molecule has 1 amide bonds. The third kappa shape index (κ3) is 4.07. The molecule has 5 nitrogen and oxygen atoms in total. The van der Waals surface area contributed by atoms with Gasteiger partial charge in [-0.25, -0.2) is 4.79 Å². The van der Waals surface area contributed by atoms with E-state index in [2.05, 4.69) is 11.4 Å². The van der Waals surface area contributed by atoms with Gasteiger partial charge >= 0.3 is 5.97 Å². The van der Waals surface area contributed by atoms with Gasteiger partial charge < -0.3 is 10.1 Å². The van der Waals surface area contributed by atoms with E-state index in [0.29, 0.717) is 5.56 Å². The Morgan fingerprint density at radius 2 is 1.91 bits per heavy atom. The van der Waals surface area contributed by atoms with Crippen molar-refractivity contribution in [2.45, 2.75) is 19.4 Å². The van der Waals surface area contributed by atoms with Gasteiger partial charge in [0.25, 0.3) is 5.91 Å². The molecule has 0 aliphatic rings. The average molecular weight is 310 g/mol. The number of carbonyl (C=O) groups excluding carboxylic acids is 2. The van der Waals surface area contributed by atoms with E-state index >= 15 is 0 Å². The maximum atomic E-state index is 12.4. The molecule has 0 saturated carbocycles. The lowest BCUT2D eigenvalue weighted by Gasteiger charge is -2.17. The van der Waals surface area contributed by atoms with Crippen LogP contribution < -0.4 is 5.32 Å². The van der Waals surface area contributed by atoms with Crippen molar-refractivity contribution in [1.82, 2.24) is 5.32 Å². The Bertz CT molecular complexity index is 764. The van der Waals surface area contributed by atoms with Crippen molar-refractivity contribution in [3.8, 4) is 6.07 Å².